The van der Waals surface area contributed by atoms with Gasteiger partial charge in [-0.1, -0.05) is 25.7 Å². The molecule has 6 nitrogen and oxygen atoms in total. The molecule has 0 aromatic heterocycles. The van der Waals surface area contributed by atoms with E-state index in [2.05, 4.69) is 41.2 Å². The molecule has 0 fully saturated rings. The average Bonchev–Trinajstić information content (AvgIpc) is 2.58. The molecule has 0 unspecified atom stereocenters. The first-order chi connectivity index (χ1) is 11.1. The lowest BCUT2D eigenvalue weighted by Crippen LogP contribution is -2.29. The molecule has 0 aliphatic heterocycles. The molecule has 126 valence electrons. The number of hydrogen-bond acceptors (Lipinski definition) is 4. The van der Waals surface area contributed by atoms with Crippen LogP contribution >= 0.6 is 0 Å². The van der Waals surface area contributed by atoms with Crippen molar-refractivity contribution in [2.75, 3.05) is 45.7 Å². The summed E-state index contributed by atoms with van der Waals surface area (Å²) in [6, 6.07) is 4.86. The van der Waals surface area contributed by atoms with Gasteiger partial charge in [-0.25, -0.2) is 4.79 Å². The molecule has 0 saturated carbocycles. The van der Waals surface area contributed by atoms with Gasteiger partial charge in [0.15, 0.2) is 0 Å². The first kappa shape index (κ1) is 18.7. The van der Waals surface area contributed by atoms with Crippen molar-refractivity contribution >= 4 is 11.7 Å². The first-order valence-corrected chi connectivity index (χ1v) is 7.59. The molecule has 2 amide bonds. The summed E-state index contributed by atoms with van der Waals surface area (Å²) in [6.07, 6.45) is 0. The third kappa shape index (κ3) is 6.49. The van der Waals surface area contributed by atoms with Crippen molar-refractivity contribution in [1.82, 2.24) is 10.2 Å². The zero-order valence-corrected chi connectivity index (χ0v) is 14.2. The fourth-order valence-electron chi connectivity index (χ4n) is 1.87. The molecule has 1 aromatic carbocycles. The van der Waals surface area contributed by atoms with Crippen molar-refractivity contribution in [2.24, 2.45) is 0 Å². The van der Waals surface area contributed by atoms with Crippen LogP contribution in [0.3, 0.4) is 0 Å². The van der Waals surface area contributed by atoms with E-state index in [1.165, 1.54) is 7.11 Å². The Hall–Kier alpha value is -2.39. The summed E-state index contributed by atoms with van der Waals surface area (Å²) < 4.78 is 10.3. The minimum atomic E-state index is -0.328. The second-order valence-corrected chi connectivity index (χ2v) is 4.69. The molecule has 2 N–H and O–H groups in total. The van der Waals surface area contributed by atoms with Crippen LogP contribution in [-0.4, -0.2) is 51.3 Å². The highest BCUT2D eigenvalue weighted by atomic mass is 16.5. The van der Waals surface area contributed by atoms with E-state index in [1.807, 2.05) is 0 Å². The number of ether oxygens (including phenoxy) is 2. The highest BCUT2D eigenvalue weighted by molar-refractivity contribution is 5.91. The van der Waals surface area contributed by atoms with E-state index in [1.54, 1.807) is 25.3 Å². The monoisotopic (exact) mass is 319 g/mol. The van der Waals surface area contributed by atoms with Gasteiger partial charge in [0.1, 0.15) is 11.5 Å². The van der Waals surface area contributed by atoms with E-state index in [9.17, 15) is 4.79 Å². The molecule has 6 heteroatoms. The Labute approximate surface area is 138 Å². The number of amides is 2. The summed E-state index contributed by atoms with van der Waals surface area (Å²) in [4.78, 5) is 14.1. The van der Waals surface area contributed by atoms with E-state index >= 15 is 0 Å². The van der Waals surface area contributed by atoms with Crippen LogP contribution in [0.4, 0.5) is 10.5 Å². The second kappa shape index (κ2) is 10.4. The summed E-state index contributed by atoms with van der Waals surface area (Å²) in [5.74, 6) is 7.17. The van der Waals surface area contributed by atoms with E-state index in [0.29, 0.717) is 30.3 Å². The van der Waals surface area contributed by atoms with Gasteiger partial charge < -0.3 is 20.1 Å². The predicted molar refractivity (Wildman–Crippen MR) is 92.1 cm³/mol. The van der Waals surface area contributed by atoms with Crippen molar-refractivity contribution in [2.45, 2.75) is 13.8 Å². The summed E-state index contributed by atoms with van der Waals surface area (Å²) in [5, 5.41) is 5.42. The molecule has 1 aromatic rings. The van der Waals surface area contributed by atoms with Crippen molar-refractivity contribution in [3.8, 4) is 23.3 Å². The Kier molecular flexibility index (Phi) is 8.40. The highest BCUT2D eigenvalue weighted by Crippen LogP contribution is 2.28. The standard InChI is InChI=1S/C17H25N3O3/c1-5-20(6-2)12-8-7-11-18-17(21)19-15-10-9-14(22-3)13-16(15)23-4/h9-10,13H,5-6,11-12H2,1-4H3,(H2,18,19,21). The predicted octanol–water partition coefficient (Wildman–Crippen LogP) is 2.17. The average molecular weight is 319 g/mol. The van der Waals surface area contributed by atoms with Gasteiger partial charge >= 0.3 is 6.03 Å². The first-order valence-electron chi connectivity index (χ1n) is 7.59. The number of urea groups is 1. The number of methoxy groups -OCH3 is 2. The molecule has 0 aliphatic rings. The number of nitrogens with zero attached hydrogens (tertiary/aromatic N) is 1. The molecule has 1 rings (SSSR count). The number of anilines is 1. The van der Waals surface area contributed by atoms with Gasteiger partial charge in [0.2, 0.25) is 0 Å². The van der Waals surface area contributed by atoms with E-state index < -0.39 is 0 Å². The number of benzene rings is 1. The zero-order valence-electron chi connectivity index (χ0n) is 14.2. The number of carbonyl (C=O) groups is 1. The number of nitrogens with one attached hydrogen (secondary N) is 2. The molecule has 23 heavy (non-hydrogen) atoms. The molecule has 0 bridgehead atoms. The van der Waals surface area contributed by atoms with E-state index in [-0.39, 0.29) is 6.03 Å². The Morgan fingerprint density at radius 1 is 1.17 bits per heavy atom. The molecule has 0 aliphatic carbocycles. The van der Waals surface area contributed by atoms with Gasteiger partial charge in [-0.3, -0.25) is 4.90 Å². The number of carbonyl (C=O) groups excluding carboxylic acids is 1. The SMILES string of the molecule is CCN(CC)CC#CCNC(=O)Nc1ccc(OC)cc1OC. The zero-order chi connectivity index (χ0) is 17.1. The maximum Gasteiger partial charge on any atom is 0.320 e. The van der Waals surface area contributed by atoms with Gasteiger partial charge in [0, 0.05) is 6.07 Å². The fraction of sp³-hybridized carbons (Fsp3) is 0.471. The van der Waals surface area contributed by atoms with Gasteiger partial charge in [-0.15, -0.1) is 0 Å². The molecular formula is C17H25N3O3. The molecule has 0 atom stereocenters. The molecule has 0 spiro atoms. The minimum absolute atomic E-state index is 0.297. The lowest BCUT2D eigenvalue weighted by atomic mass is 10.2. The quantitative estimate of drug-likeness (QED) is 0.756. The van der Waals surface area contributed by atoms with Crippen molar-refractivity contribution in [3.63, 3.8) is 0 Å². The molecule has 0 saturated heterocycles. The van der Waals surface area contributed by atoms with Crippen LogP contribution in [0.25, 0.3) is 0 Å². The molecule has 0 heterocycles. The van der Waals surface area contributed by atoms with E-state index in [4.69, 9.17) is 9.47 Å². The van der Waals surface area contributed by atoms with Crippen LogP contribution in [0, 0.1) is 11.8 Å². The van der Waals surface area contributed by atoms with E-state index in [0.717, 1.165) is 13.1 Å². The Morgan fingerprint density at radius 3 is 2.52 bits per heavy atom. The second-order valence-electron chi connectivity index (χ2n) is 4.69. The maximum absolute atomic E-state index is 11.9. The minimum Gasteiger partial charge on any atom is -0.497 e. The third-order valence-electron chi connectivity index (χ3n) is 3.32. The summed E-state index contributed by atoms with van der Waals surface area (Å²) in [6.45, 7) is 7.14. The normalized spacial score (nSPS) is 9.78. The van der Waals surface area contributed by atoms with Crippen LogP contribution in [0.15, 0.2) is 18.2 Å². The molecule has 0 radical (unpaired) electrons. The van der Waals surface area contributed by atoms with Crippen LogP contribution in [0.2, 0.25) is 0 Å². The van der Waals surface area contributed by atoms with Crippen molar-refractivity contribution in [1.29, 1.82) is 0 Å². The Bertz CT molecular complexity index is 560. The highest BCUT2D eigenvalue weighted by Gasteiger charge is 2.07. The van der Waals surface area contributed by atoms with Crippen LogP contribution in [0.5, 0.6) is 11.5 Å². The molecular weight excluding hydrogens is 294 g/mol. The van der Waals surface area contributed by atoms with Crippen molar-refractivity contribution < 1.29 is 14.3 Å². The van der Waals surface area contributed by atoms with Crippen LogP contribution in [-0.2, 0) is 0 Å². The Balaban J connectivity index is 2.47. The number of rotatable bonds is 7. The Morgan fingerprint density at radius 2 is 1.91 bits per heavy atom. The van der Waals surface area contributed by atoms with Gasteiger partial charge in [0.05, 0.1) is 33.0 Å². The summed E-state index contributed by atoms with van der Waals surface area (Å²) in [5.41, 5.74) is 0.571. The van der Waals surface area contributed by atoms with Crippen molar-refractivity contribution in [3.05, 3.63) is 18.2 Å². The lowest BCUT2D eigenvalue weighted by Gasteiger charge is -2.13. The largest absolute Gasteiger partial charge is 0.497 e. The van der Waals surface area contributed by atoms with Crippen LogP contribution in [0.1, 0.15) is 13.8 Å². The topological polar surface area (TPSA) is 62.8 Å². The van der Waals surface area contributed by atoms with Gasteiger partial charge in [-0.05, 0) is 25.2 Å². The van der Waals surface area contributed by atoms with Gasteiger partial charge in [0.25, 0.3) is 0 Å². The maximum atomic E-state index is 11.9. The smallest absolute Gasteiger partial charge is 0.320 e. The summed E-state index contributed by atoms with van der Waals surface area (Å²) >= 11 is 0. The van der Waals surface area contributed by atoms with Gasteiger partial charge in [-0.2, -0.15) is 0 Å². The fourth-order valence-corrected chi connectivity index (χ4v) is 1.87. The third-order valence-corrected chi connectivity index (χ3v) is 3.32. The number of hydrogen-bond donors (Lipinski definition) is 2. The lowest BCUT2D eigenvalue weighted by molar-refractivity contribution is 0.253. The van der Waals surface area contributed by atoms with Crippen LogP contribution < -0.4 is 20.1 Å². The summed E-state index contributed by atoms with van der Waals surface area (Å²) in [7, 11) is 3.11.